The maximum absolute atomic E-state index is 11.9. The lowest BCUT2D eigenvalue weighted by Gasteiger charge is -2.30. The number of amides is 1. The van der Waals surface area contributed by atoms with Gasteiger partial charge >= 0.3 is 6.09 Å². The Bertz CT molecular complexity index is 667. The van der Waals surface area contributed by atoms with E-state index in [0.29, 0.717) is 5.75 Å². The maximum atomic E-state index is 11.9. The number of carbonyl (C=O) groups excluding carboxylic acids is 1. The number of hydrogen-bond donors (Lipinski definition) is 1. The molecule has 1 fully saturated rings. The van der Waals surface area contributed by atoms with Gasteiger partial charge in [0.05, 0.1) is 13.2 Å². The molecule has 0 radical (unpaired) electrons. The molecule has 1 aliphatic heterocycles. The van der Waals surface area contributed by atoms with E-state index in [0.717, 1.165) is 37.6 Å². The minimum absolute atomic E-state index is 0.491. The van der Waals surface area contributed by atoms with Crippen LogP contribution in [0.5, 0.6) is 5.75 Å². The van der Waals surface area contributed by atoms with Crippen LogP contribution in [0, 0.1) is 6.92 Å². The van der Waals surface area contributed by atoms with E-state index in [2.05, 4.69) is 10.2 Å². The van der Waals surface area contributed by atoms with E-state index < -0.39 is 6.09 Å². The zero-order chi connectivity index (χ0) is 16.1. The van der Waals surface area contributed by atoms with Crippen LogP contribution >= 0.6 is 0 Å². The quantitative estimate of drug-likeness (QED) is 0.943. The van der Waals surface area contributed by atoms with Gasteiger partial charge in [0.25, 0.3) is 0 Å². The molecule has 2 aromatic carbocycles. The first-order valence-electron chi connectivity index (χ1n) is 7.69. The van der Waals surface area contributed by atoms with Gasteiger partial charge in [0, 0.05) is 24.5 Å². The molecule has 3 rings (SSSR count). The van der Waals surface area contributed by atoms with Crippen LogP contribution in [-0.4, -0.2) is 32.4 Å². The summed E-state index contributed by atoms with van der Waals surface area (Å²) in [6.45, 7) is 5.33. The van der Waals surface area contributed by atoms with Crippen molar-refractivity contribution in [2.75, 3.05) is 36.5 Å². The summed E-state index contributed by atoms with van der Waals surface area (Å²) in [6, 6.07) is 14.9. The summed E-state index contributed by atoms with van der Waals surface area (Å²) in [4.78, 5) is 14.2. The summed E-state index contributed by atoms with van der Waals surface area (Å²) in [6.07, 6.45) is -0.491. The molecular weight excluding hydrogens is 292 g/mol. The van der Waals surface area contributed by atoms with Crippen molar-refractivity contribution in [2.45, 2.75) is 6.92 Å². The molecule has 0 aliphatic carbocycles. The second kappa shape index (κ2) is 7.15. The first kappa shape index (κ1) is 15.4. The third-order valence-corrected chi connectivity index (χ3v) is 3.75. The molecule has 0 atom stereocenters. The molecule has 2 aromatic rings. The van der Waals surface area contributed by atoms with Gasteiger partial charge in [0.15, 0.2) is 0 Å². The number of ether oxygens (including phenoxy) is 2. The molecule has 5 heteroatoms. The molecule has 0 spiro atoms. The topological polar surface area (TPSA) is 50.8 Å². The fraction of sp³-hybridized carbons (Fsp3) is 0.278. The summed E-state index contributed by atoms with van der Waals surface area (Å²) >= 11 is 0. The molecule has 0 unspecified atom stereocenters. The van der Waals surface area contributed by atoms with Gasteiger partial charge in [0.1, 0.15) is 5.75 Å². The molecule has 5 nitrogen and oxygen atoms in total. The summed E-state index contributed by atoms with van der Waals surface area (Å²) < 4.78 is 10.6. The first-order valence-corrected chi connectivity index (χ1v) is 7.69. The van der Waals surface area contributed by atoms with Crippen molar-refractivity contribution in [3.05, 3.63) is 54.1 Å². The summed E-state index contributed by atoms with van der Waals surface area (Å²) in [5.41, 5.74) is 3.01. The highest BCUT2D eigenvalue weighted by molar-refractivity contribution is 5.86. The number of carbonyl (C=O) groups is 1. The van der Waals surface area contributed by atoms with Crippen molar-refractivity contribution in [1.82, 2.24) is 0 Å². The maximum Gasteiger partial charge on any atom is 0.417 e. The standard InChI is InChI=1S/C18H20N2O3/c1-14-13-15(7-8-17(14)20-9-11-22-12-10-20)19-18(21)23-16-5-3-2-4-6-16/h2-8,13H,9-12H2,1H3,(H,19,21). The largest absolute Gasteiger partial charge is 0.417 e. The van der Waals surface area contributed by atoms with Crippen molar-refractivity contribution in [2.24, 2.45) is 0 Å². The van der Waals surface area contributed by atoms with Gasteiger partial charge < -0.3 is 14.4 Å². The highest BCUT2D eigenvalue weighted by Gasteiger charge is 2.14. The van der Waals surface area contributed by atoms with Crippen molar-refractivity contribution in [3.63, 3.8) is 0 Å². The number of nitrogens with zero attached hydrogens (tertiary/aromatic N) is 1. The predicted octanol–water partition coefficient (Wildman–Crippen LogP) is 3.44. The van der Waals surface area contributed by atoms with Crippen molar-refractivity contribution < 1.29 is 14.3 Å². The third kappa shape index (κ3) is 4.02. The first-order chi connectivity index (χ1) is 11.2. The molecule has 1 saturated heterocycles. The monoisotopic (exact) mass is 312 g/mol. The van der Waals surface area contributed by atoms with E-state index in [9.17, 15) is 4.79 Å². The van der Waals surface area contributed by atoms with Crippen LogP contribution in [0.1, 0.15) is 5.56 Å². The average molecular weight is 312 g/mol. The molecule has 23 heavy (non-hydrogen) atoms. The Morgan fingerprint density at radius 1 is 1.13 bits per heavy atom. The van der Waals surface area contributed by atoms with E-state index in [1.54, 1.807) is 12.1 Å². The van der Waals surface area contributed by atoms with Crippen molar-refractivity contribution in [1.29, 1.82) is 0 Å². The molecule has 1 aliphatic rings. The normalized spacial score (nSPS) is 14.4. The summed E-state index contributed by atoms with van der Waals surface area (Å²) in [5, 5.41) is 2.76. The fourth-order valence-corrected chi connectivity index (χ4v) is 2.63. The van der Waals surface area contributed by atoms with E-state index in [1.807, 2.05) is 43.3 Å². The Labute approximate surface area is 135 Å². The molecule has 120 valence electrons. The number of hydrogen-bond acceptors (Lipinski definition) is 4. The van der Waals surface area contributed by atoms with Gasteiger partial charge in [0.2, 0.25) is 0 Å². The zero-order valence-corrected chi connectivity index (χ0v) is 13.1. The minimum atomic E-state index is -0.491. The van der Waals surface area contributed by atoms with Crippen LogP contribution in [0.25, 0.3) is 0 Å². The summed E-state index contributed by atoms with van der Waals surface area (Å²) in [7, 11) is 0. The molecule has 1 amide bonds. The van der Waals surface area contributed by atoms with Gasteiger partial charge in [-0.25, -0.2) is 4.79 Å². The van der Waals surface area contributed by atoms with Gasteiger partial charge in [-0.15, -0.1) is 0 Å². The fourth-order valence-electron chi connectivity index (χ4n) is 2.63. The van der Waals surface area contributed by atoms with Crippen molar-refractivity contribution in [3.8, 4) is 5.75 Å². The number of nitrogens with one attached hydrogen (secondary N) is 1. The lowest BCUT2D eigenvalue weighted by Crippen LogP contribution is -2.36. The Hall–Kier alpha value is -2.53. The molecule has 0 bridgehead atoms. The number of anilines is 2. The number of aryl methyl sites for hydroxylation is 1. The van der Waals surface area contributed by atoms with Crippen LogP contribution < -0.4 is 15.0 Å². The highest BCUT2D eigenvalue weighted by atomic mass is 16.6. The minimum Gasteiger partial charge on any atom is -0.410 e. The molecule has 1 heterocycles. The van der Waals surface area contributed by atoms with Crippen molar-refractivity contribution >= 4 is 17.5 Å². The third-order valence-electron chi connectivity index (χ3n) is 3.75. The van der Waals surface area contributed by atoms with E-state index in [-0.39, 0.29) is 0 Å². The lowest BCUT2D eigenvalue weighted by atomic mass is 10.1. The Kier molecular flexibility index (Phi) is 4.78. The zero-order valence-electron chi connectivity index (χ0n) is 13.1. The number of rotatable bonds is 3. The van der Waals surface area contributed by atoms with Gasteiger partial charge in [-0.3, -0.25) is 5.32 Å². The Balaban J connectivity index is 1.64. The molecule has 0 saturated carbocycles. The van der Waals surface area contributed by atoms with Crippen LogP contribution in [-0.2, 0) is 4.74 Å². The van der Waals surface area contributed by atoms with Crippen LogP contribution in [0.3, 0.4) is 0 Å². The number of morpholine rings is 1. The number of benzene rings is 2. The molecular formula is C18H20N2O3. The lowest BCUT2D eigenvalue weighted by molar-refractivity contribution is 0.122. The average Bonchev–Trinajstić information content (AvgIpc) is 2.56. The highest BCUT2D eigenvalue weighted by Crippen LogP contribution is 2.24. The van der Waals surface area contributed by atoms with Gasteiger partial charge in [-0.1, -0.05) is 18.2 Å². The summed E-state index contributed by atoms with van der Waals surface area (Å²) in [5.74, 6) is 0.520. The van der Waals surface area contributed by atoms with Crippen LogP contribution in [0.2, 0.25) is 0 Å². The predicted molar refractivity (Wildman–Crippen MR) is 90.3 cm³/mol. The second-order valence-corrected chi connectivity index (χ2v) is 5.43. The van der Waals surface area contributed by atoms with Gasteiger partial charge in [-0.05, 0) is 42.8 Å². The van der Waals surface area contributed by atoms with E-state index >= 15 is 0 Å². The Morgan fingerprint density at radius 3 is 2.57 bits per heavy atom. The SMILES string of the molecule is Cc1cc(NC(=O)Oc2ccccc2)ccc1N1CCOCC1. The van der Waals surface area contributed by atoms with E-state index in [4.69, 9.17) is 9.47 Å². The second-order valence-electron chi connectivity index (χ2n) is 5.43. The molecule has 0 aromatic heterocycles. The smallest absolute Gasteiger partial charge is 0.410 e. The van der Waals surface area contributed by atoms with Gasteiger partial charge in [-0.2, -0.15) is 0 Å². The number of para-hydroxylation sites is 1. The van der Waals surface area contributed by atoms with Crippen LogP contribution in [0.4, 0.5) is 16.2 Å². The van der Waals surface area contributed by atoms with E-state index in [1.165, 1.54) is 5.69 Å². The Morgan fingerprint density at radius 2 is 1.87 bits per heavy atom. The molecule has 1 N–H and O–H groups in total. The van der Waals surface area contributed by atoms with Crippen LogP contribution in [0.15, 0.2) is 48.5 Å².